The SMILES string of the molecule is CC(=O)N[C@H]1CSCCC(=O)N2CN3CN(C2)C(=O)CCSC[C@H](NC(=O)[C@H](CC(=O)O)NC(=O)[C@H](CCC(=O)O)NC(=O)[C@H](CC(C)C)NC(=O)[C@H](Cc2c[nH]c4ccccc24)NC(=O)[C@H](CCC(N)=O)NC1=O)C(=O)N[C@@H](Cc1c[nH]c2ccccc12)C(=O)N[C@@H](CCCNC(=N)N)C(=O)NCC(=O)N[C@@H](Cc1ccc2ccccc2c1)C(=O)N[C@H](C(N)=O)CSCCC3=O. The van der Waals surface area contributed by atoms with Crippen molar-refractivity contribution in [2.24, 2.45) is 23.1 Å². The molecular formula is C86H112N22O21S3. The quantitative estimate of drug-likeness (QED) is 0.0189. The van der Waals surface area contributed by atoms with Crippen LogP contribution in [-0.4, -0.2) is 287 Å². The lowest BCUT2D eigenvalue weighted by Gasteiger charge is -2.42. The monoisotopic (exact) mass is 1880 g/mol. The normalized spacial score (nSPS) is 22.9. The van der Waals surface area contributed by atoms with E-state index in [0.29, 0.717) is 38.5 Å². The van der Waals surface area contributed by atoms with E-state index in [0.717, 1.165) is 53.0 Å². The molecule has 4 bridgehead atoms. The molecule has 132 heavy (non-hydrogen) atoms. The number of para-hydroxylation sites is 2. The first-order valence-corrected chi connectivity index (χ1v) is 46.2. The Balaban J connectivity index is 1.12. The van der Waals surface area contributed by atoms with E-state index in [1.165, 1.54) is 14.7 Å². The van der Waals surface area contributed by atoms with Crippen LogP contribution in [0.3, 0.4) is 0 Å². The molecule has 9 rings (SSSR count). The number of H-pyrrole nitrogens is 2. The lowest BCUT2D eigenvalue weighted by atomic mass is 9.99. The van der Waals surface area contributed by atoms with Gasteiger partial charge in [0, 0.05) is 134 Å². The number of aliphatic carboxylic acids is 2. The molecule has 2 aromatic heterocycles. The Kier molecular flexibility index (Phi) is 38.7. The first-order chi connectivity index (χ1) is 62.9. The van der Waals surface area contributed by atoms with Crippen molar-refractivity contribution in [1.29, 1.82) is 5.41 Å². The Morgan fingerprint density at radius 1 is 0.485 bits per heavy atom. The summed E-state index contributed by atoms with van der Waals surface area (Å²) in [6.45, 7) is 2.30. The van der Waals surface area contributed by atoms with Crippen LogP contribution in [0.2, 0.25) is 0 Å². The van der Waals surface area contributed by atoms with Crippen LogP contribution in [0.5, 0.6) is 0 Å². The fraction of sp³-hybridized carbons (Fsp3) is 0.465. The number of fused-ring (bicyclic) bond motifs is 10. The number of carboxylic acids is 2. The van der Waals surface area contributed by atoms with Crippen molar-refractivity contribution in [2.45, 2.75) is 177 Å². The number of nitrogens with two attached hydrogens (primary N) is 3. The lowest BCUT2D eigenvalue weighted by molar-refractivity contribution is -0.158. The first-order valence-electron chi connectivity index (χ1n) is 42.8. The molecule has 5 heterocycles. The topological polar surface area (TPSA) is 664 Å². The smallest absolute Gasteiger partial charge is 0.305 e. The standard InChI is InChI=1S/C86H112N22O21S3/c1-46(2)31-60-79(123)98-59(21-23-73(115)116)78(122)103-64(36-74(117)118)83(127)105-67-42-132-30-26-72(114)108-44-106(43-107(45-108)71(113)25-29-131-41-66(95-47(3)109)84(128)99-58(20-22-68(87)110)77(121)101-63(82(126)100-60)35-52-38-93-56-16-9-7-14-54(52)56)70(112)24-28-130-40-65(75(88)119)104-80(124)61(33-48-18-19-49-11-4-5-12-50(49)32-48)96-69(111)39-94-76(120)57(17-10-27-91-86(89)90)97-81(125)62(102-85(67)129)34-51-37-92-55-15-8-6-13-53(51)55/h4-9,11-16,18-19,32,37-38,46,57-67,92-93H,10,17,20-31,33-36,39-45H2,1-3H3,(H2,87,110)(H2,88,119)(H,94,120)(H,95,109)(H,96,111)(H,97,125)(H,98,123)(H,99,128)(H,100,126)(H,101,121)(H,102,129)(H,103,122)(H,104,124)(H,105,127)(H,115,116)(H,117,118)(H4,89,90,91)/t57-,58-,59-,60-,61-,62-,63-,64-,65-,66-,67-/m0/s1. The Hall–Kier alpha value is -13.5. The number of carbonyl (C=O) groups is 19. The Morgan fingerprint density at radius 2 is 0.947 bits per heavy atom. The molecule has 0 spiro atoms. The minimum atomic E-state index is -2.22. The van der Waals surface area contributed by atoms with Gasteiger partial charge in [0.15, 0.2) is 5.96 Å². The van der Waals surface area contributed by atoms with Gasteiger partial charge in [0.25, 0.3) is 0 Å². The lowest BCUT2D eigenvalue weighted by Crippen LogP contribution is -2.61. The maximum absolute atomic E-state index is 15.5. The number of aromatic amines is 2. The van der Waals surface area contributed by atoms with Crippen molar-refractivity contribution in [3.8, 4) is 0 Å². The summed E-state index contributed by atoms with van der Waals surface area (Å²) in [5.74, 6) is -22.2. The molecule has 46 heteroatoms. The predicted molar refractivity (Wildman–Crippen MR) is 488 cm³/mol. The highest BCUT2D eigenvalue weighted by Crippen LogP contribution is 2.25. The third-order valence-electron chi connectivity index (χ3n) is 21.7. The number of nitrogens with zero attached hydrogens (tertiary/aromatic N) is 3. The van der Waals surface area contributed by atoms with Crippen molar-refractivity contribution in [3.05, 3.63) is 120 Å². The molecule has 3 aliphatic heterocycles. The van der Waals surface area contributed by atoms with Gasteiger partial charge in [-0.1, -0.05) is 92.7 Å². The zero-order valence-corrected chi connectivity index (χ0v) is 75.3. The molecule has 710 valence electrons. The molecule has 0 unspecified atom stereocenters. The molecule has 6 aromatic rings. The second-order valence-electron chi connectivity index (χ2n) is 32.4. The maximum atomic E-state index is 15.5. The van der Waals surface area contributed by atoms with Crippen molar-refractivity contribution in [1.82, 2.24) is 93.8 Å². The van der Waals surface area contributed by atoms with Crippen LogP contribution in [0.1, 0.15) is 108 Å². The average Bonchev–Trinajstić information content (AvgIpc) is 1.62. The number of benzene rings is 4. The summed E-state index contributed by atoms with van der Waals surface area (Å²) >= 11 is 2.85. The zero-order valence-electron chi connectivity index (χ0n) is 72.9. The summed E-state index contributed by atoms with van der Waals surface area (Å²) in [6.07, 6.45) is -3.22. The number of carbonyl (C=O) groups excluding carboxylic acids is 17. The van der Waals surface area contributed by atoms with Crippen LogP contribution in [0, 0.1) is 11.3 Å². The molecule has 0 radical (unpaired) electrons. The summed E-state index contributed by atoms with van der Waals surface area (Å²) in [4.78, 5) is 282. The van der Waals surface area contributed by atoms with E-state index in [9.17, 15) is 82.1 Å². The van der Waals surface area contributed by atoms with Gasteiger partial charge >= 0.3 is 11.9 Å². The van der Waals surface area contributed by atoms with Gasteiger partial charge in [-0.25, -0.2) is 0 Å². The number of thioether (sulfide) groups is 3. The molecule has 0 aliphatic carbocycles. The zero-order chi connectivity index (χ0) is 95.8. The molecule has 3 fully saturated rings. The summed E-state index contributed by atoms with van der Waals surface area (Å²) in [5.41, 5.74) is 19.7. The van der Waals surface area contributed by atoms with E-state index < -0.39 is 262 Å². The summed E-state index contributed by atoms with van der Waals surface area (Å²) in [7, 11) is 0. The molecule has 3 saturated heterocycles. The highest BCUT2D eigenvalue weighted by atomic mass is 32.2. The van der Waals surface area contributed by atoms with E-state index >= 15 is 19.2 Å². The predicted octanol–water partition coefficient (Wildman–Crippen LogP) is -2.53. The second kappa shape index (κ2) is 50.0. The van der Waals surface area contributed by atoms with Gasteiger partial charge in [-0.05, 0) is 77.6 Å². The minimum absolute atomic E-state index is 0.0106. The average molecular weight is 1890 g/mol. The molecule has 0 saturated carbocycles. The van der Waals surface area contributed by atoms with Gasteiger partial charge < -0.3 is 121 Å². The molecule has 43 nitrogen and oxygen atoms in total. The number of hydrogen-bond acceptors (Lipinski definition) is 23. The van der Waals surface area contributed by atoms with Gasteiger partial charge in [0.2, 0.25) is 100 Å². The first kappa shape index (κ1) is 102. The summed E-state index contributed by atoms with van der Waals surface area (Å²) in [5, 5.41) is 64.3. The van der Waals surface area contributed by atoms with Gasteiger partial charge in [-0.3, -0.25) is 96.5 Å². The number of guanidine groups is 1. The third kappa shape index (κ3) is 31.7. The van der Waals surface area contributed by atoms with Crippen molar-refractivity contribution in [3.63, 3.8) is 0 Å². The minimum Gasteiger partial charge on any atom is -0.481 e. The molecular weight excluding hydrogens is 1770 g/mol. The number of amides is 17. The van der Waals surface area contributed by atoms with Crippen molar-refractivity contribution in [2.75, 3.05) is 67.6 Å². The summed E-state index contributed by atoms with van der Waals surface area (Å²) < 4.78 is 0. The number of carboxylic acid groups (broad SMARTS) is 2. The van der Waals surface area contributed by atoms with E-state index in [1.54, 1.807) is 99.0 Å². The molecule has 17 amide bonds. The van der Waals surface area contributed by atoms with Crippen molar-refractivity contribution < 1.29 is 101 Å². The van der Waals surface area contributed by atoms with Crippen LogP contribution in [0.15, 0.2) is 103 Å². The second-order valence-corrected chi connectivity index (χ2v) is 35.9. The van der Waals surface area contributed by atoms with E-state index in [1.807, 2.05) is 18.2 Å². The van der Waals surface area contributed by atoms with Gasteiger partial charge in [0.05, 0.1) is 33.0 Å². The van der Waals surface area contributed by atoms with Crippen molar-refractivity contribution >= 4 is 186 Å². The van der Waals surface area contributed by atoms with Crippen LogP contribution < -0.4 is 86.3 Å². The van der Waals surface area contributed by atoms with E-state index in [4.69, 9.17) is 22.6 Å². The molecule has 3 aliphatic rings. The van der Waals surface area contributed by atoms with Crippen LogP contribution >= 0.6 is 35.3 Å². The Morgan fingerprint density at radius 3 is 1.48 bits per heavy atom. The number of primary amides is 2. The van der Waals surface area contributed by atoms with Gasteiger partial charge in [-0.2, -0.15) is 35.3 Å². The van der Waals surface area contributed by atoms with Crippen LogP contribution in [-0.2, 0) is 110 Å². The molecule has 4 aromatic carbocycles. The fourth-order valence-electron chi connectivity index (χ4n) is 14.8. The van der Waals surface area contributed by atoms with Crippen LogP contribution in [0.25, 0.3) is 32.6 Å². The highest BCUT2D eigenvalue weighted by molar-refractivity contribution is 7.99. The molecule has 24 N–H and O–H groups in total. The number of aromatic nitrogens is 2. The van der Waals surface area contributed by atoms with Crippen LogP contribution in [0.4, 0.5) is 0 Å². The van der Waals surface area contributed by atoms with E-state index in [-0.39, 0.29) is 86.7 Å². The fourth-order valence-corrected chi connectivity index (χ4v) is 17.7. The van der Waals surface area contributed by atoms with E-state index in [2.05, 4.69) is 79.1 Å². The largest absolute Gasteiger partial charge is 0.481 e. The third-order valence-corrected chi connectivity index (χ3v) is 24.8. The molecule has 11 atom stereocenters. The summed E-state index contributed by atoms with van der Waals surface area (Å²) in [6, 6.07) is 7.50. The van der Waals surface area contributed by atoms with Gasteiger partial charge in [-0.15, -0.1) is 0 Å². The Bertz CT molecular complexity index is 5270. The maximum Gasteiger partial charge on any atom is 0.305 e. The number of nitrogens with one attached hydrogen (secondary N) is 16. The number of rotatable bonds is 22. The number of hydrogen-bond donors (Lipinski definition) is 21. The Labute approximate surface area is 770 Å². The highest BCUT2D eigenvalue weighted by Gasteiger charge is 2.40. The van der Waals surface area contributed by atoms with Gasteiger partial charge in [0.1, 0.15) is 66.5 Å².